The zero-order chi connectivity index (χ0) is 17.6. The van der Waals surface area contributed by atoms with Crippen LogP contribution in [0.25, 0.3) is 16.9 Å². The standard InChI is InChI=1S/C18H22N4O3/c1-23-10-4-7-19-17-18-21-12-14(22(18)9-8-20-17)13-5-6-15(24-2)16(11-13)25-3/h5-6,8-9,11-12H,4,7,10H2,1-3H3,(H,19,20). The minimum atomic E-state index is 0.682. The molecule has 3 aromatic rings. The van der Waals surface area contributed by atoms with Crippen LogP contribution in [0.4, 0.5) is 5.82 Å². The van der Waals surface area contributed by atoms with Gasteiger partial charge < -0.3 is 19.5 Å². The van der Waals surface area contributed by atoms with Gasteiger partial charge in [0.15, 0.2) is 23.0 Å². The van der Waals surface area contributed by atoms with Gasteiger partial charge in [-0.1, -0.05) is 0 Å². The third-order valence-corrected chi connectivity index (χ3v) is 3.93. The molecule has 2 heterocycles. The highest BCUT2D eigenvalue weighted by Crippen LogP contribution is 2.32. The highest BCUT2D eigenvalue weighted by molar-refractivity contribution is 5.72. The number of ether oxygens (including phenoxy) is 3. The van der Waals surface area contributed by atoms with Gasteiger partial charge in [-0.2, -0.15) is 0 Å². The number of methoxy groups -OCH3 is 3. The molecule has 0 aliphatic rings. The topological polar surface area (TPSA) is 69.9 Å². The minimum Gasteiger partial charge on any atom is -0.493 e. The Morgan fingerprint density at radius 1 is 1.08 bits per heavy atom. The van der Waals surface area contributed by atoms with Crippen LogP contribution < -0.4 is 14.8 Å². The number of benzene rings is 1. The Morgan fingerprint density at radius 2 is 1.92 bits per heavy atom. The first-order valence-electron chi connectivity index (χ1n) is 8.05. The normalized spacial score (nSPS) is 10.8. The van der Waals surface area contributed by atoms with Crippen molar-refractivity contribution in [1.29, 1.82) is 0 Å². The SMILES string of the molecule is COCCCNc1nccn2c(-c3ccc(OC)c(OC)c3)cnc12. The summed E-state index contributed by atoms with van der Waals surface area (Å²) in [5, 5.41) is 3.31. The van der Waals surface area contributed by atoms with E-state index >= 15 is 0 Å². The van der Waals surface area contributed by atoms with E-state index < -0.39 is 0 Å². The van der Waals surface area contributed by atoms with Gasteiger partial charge in [-0.05, 0) is 24.6 Å². The lowest BCUT2D eigenvalue weighted by Crippen LogP contribution is -2.07. The van der Waals surface area contributed by atoms with Crippen LogP contribution in [0.1, 0.15) is 6.42 Å². The fraction of sp³-hybridized carbons (Fsp3) is 0.333. The van der Waals surface area contributed by atoms with Gasteiger partial charge in [0.1, 0.15) is 0 Å². The molecule has 0 aliphatic heterocycles. The Balaban J connectivity index is 1.93. The van der Waals surface area contributed by atoms with Gasteiger partial charge in [-0.3, -0.25) is 4.40 Å². The lowest BCUT2D eigenvalue weighted by molar-refractivity contribution is 0.198. The summed E-state index contributed by atoms with van der Waals surface area (Å²) in [5.74, 6) is 2.13. The summed E-state index contributed by atoms with van der Waals surface area (Å²) in [5.41, 5.74) is 2.73. The monoisotopic (exact) mass is 342 g/mol. The van der Waals surface area contributed by atoms with Crippen molar-refractivity contribution in [1.82, 2.24) is 14.4 Å². The molecular weight excluding hydrogens is 320 g/mol. The highest BCUT2D eigenvalue weighted by Gasteiger charge is 2.12. The largest absolute Gasteiger partial charge is 0.493 e. The molecule has 0 atom stereocenters. The van der Waals surface area contributed by atoms with E-state index in [0.717, 1.165) is 35.7 Å². The Morgan fingerprint density at radius 3 is 2.68 bits per heavy atom. The minimum absolute atomic E-state index is 0.682. The Hall–Kier alpha value is -2.80. The van der Waals surface area contributed by atoms with Gasteiger partial charge in [-0.25, -0.2) is 9.97 Å². The maximum Gasteiger partial charge on any atom is 0.180 e. The molecule has 3 rings (SSSR count). The number of anilines is 1. The number of aromatic nitrogens is 3. The molecule has 0 bridgehead atoms. The third-order valence-electron chi connectivity index (χ3n) is 3.93. The van der Waals surface area contributed by atoms with Crippen molar-refractivity contribution in [2.75, 3.05) is 39.8 Å². The smallest absolute Gasteiger partial charge is 0.180 e. The zero-order valence-electron chi connectivity index (χ0n) is 14.7. The molecule has 0 fully saturated rings. The Labute approximate surface area is 146 Å². The maximum atomic E-state index is 5.40. The fourth-order valence-corrected chi connectivity index (χ4v) is 2.68. The molecule has 0 aliphatic carbocycles. The molecule has 0 saturated heterocycles. The van der Waals surface area contributed by atoms with Gasteiger partial charge >= 0.3 is 0 Å². The number of nitrogens with one attached hydrogen (secondary N) is 1. The fourth-order valence-electron chi connectivity index (χ4n) is 2.68. The zero-order valence-corrected chi connectivity index (χ0v) is 14.7. The lowest BCUT2D eigenvalue weighted by Gasteiger charge is -2.10. The summed E-state index contributed by atoms with van der Waals surface area (Å²) in [6.07, 6.45) is 6.40. The Bertz CT molecular complexity index is 847. The molecule has 0 unspecified atom stereocenters. The van der Waals surface area contributed by atoms with Gasteiger partial charge in [-0.15, -0.1) is 0 Å². The number of imidazole rings is 1. The van der Waals surface area contributed by atoms with Crippen molar-refractivity contribution < 1.29 is 14.2 Å². The van der Waals surface area contributed by atoms with Crippen LogP contribution in [0.15, 0.2) is 36.8 Å². The second-order valence-electron chi connectivity index (χ2n) is 5.46. The van der Waals surface area contributed by atoms with E-state index in [1.807, 2.05) is 35.0 Å². The molecule has 0 amide bonds. The summed E-state index contributed by atoms with van der Waals surface area (Å²) >= 11 is 0. The van der Waals surface area contributed by atoms with E-state index in [2.05, 4.69) is 15.3 Å². The average molecular weight is 342 g/mol. The molecule has 1 N–H and O–H groups in total. The van der Waals surface area contributed by atoms with Crippen LogP contribution in [0.5, 0.6) is 11.5 Å². The van der Waals surface area contributed by atoms with Crippen molar-refractivity contribution >= 4 is 11.5 Å². The van der Waals surface area contributed by atoms with Gasteiger partial charge in [0.05, 0.1) is 26.1 Å². The van der Waals surface area contributed by atoms with Gasteiger partial charge in [0.25, 0.3) is 0 Å². The number of hydrogen-bond donors (Lipinski definition) is 1. The summed E-state index contributed by atoms with van der Waals surface area (Å²) in [6.45, 7) is 1.49. The van der Waals surface area contributed by atoms with Crippen LogP contribution in [-0.4, -0.2) is 48.8 Å². The summed E-state index contributed by atoms with van der Waals surface area (Å²) in [6, 6.07) is 5.81. The second-order valence-corrected chi connectivity index (χ2v) is 5.46. The van der Waals surface area contributed by atoms with Crippen molar-refractivity contribution in [2.45, 2.75) is 6.42 Å². The average Bonchev–Trinajstić information content (AvgIpc) is 3.09. The molecule has 0 radical (unpaired) electrons. The number of fused-ring (bicyclic) bond motifs is 1. The molecule has 0 saturated carbocycles. The first-order valence-corrected chi connectivity index (χ1v) is 8.05. The van der Waals surface area contributed by atoms with E-state index in [-0.39, 0.29) is 0 Å². The van der Waals surface area contributed by atoms with Gasteiger partial charge in [0, 0.05) is 38.2 Å². The van der Waals surface area contributed by atoms with Crippen LogP contribution >= 0.6 is 0 Å². The van der Waals surface area contributed by atoms with Crippen molar-refractivity contribution in [2.24, 2.45) is 0 Å². The third kappa shape index (κ3) is 3.51. The quantitative estimate of drug-likeness (QED) is 0.635. The van der Waals surface area contributed by atoms with E-state index in [1.54, 1.807) is 27.5 Å². The Kier molecular flexibility index (Phi) is 5.35. The molecule has 25 heavy (non-hydrogen) atoms. The molecule has 1 aromatic carbocycles. The van der Waals surface area contributed by atoms with Crippen molar-refractivity contribution in [3.8, 4) is 22.8 Å². The number of nitrogens with zero attached hydrogens (tertiary/aromatic N) is 3. The van der Waals surface area contributed by atoms with E-state index in [0.29, 0.717) is 18.1 Å². The van der Waals surface area contributed by atoms with Crippen LogP contribution in [-0.2, 0) is 4.74 Å². The summed E-state index contributed by atoms with van der Waals surface area (Å²) in [7, 11) is 4.95. The van der Waals surface area contributed by atoms with Crippen LogP contribution in [0.3, 0.4) is 0 Å². The summed E-state index contributed by atoms with van der Waals surface area (Å²) < 4.78 is 17.8. The van der Waals surface area contributed by atoms with E-state index in [1.165, 1.54) is 0 Å². The predicted octanol–water partition coefficient (Wildman–Crippen LogP) is 2.86. The molecule has 132 valence electrons. The second kappa shape index (κ2) is 7.85. The van der Waals surface area contributed by atoms with E-state index in [4.69, 9.17) is 14.2 Å². The van der Waals surface area contributed by atoms with E-state index in [9.17, 15) is 0 Å². The highest BCUT2D eigenvalue weighted by atomic mass is 16.5. The molecule has 0 spiro atoms. The van der Waals surface area contributed by atoms with Crippen molar-refractivity contribution in [3.05, 3.63) is 36.8 Å². The summed E-state index contributed by atoms with van der Waals surface area (Å²) in [4.78, 5) is 8.92. The van der Waals surface area contributed by atoms with Crippen LogP contribution in [0.2, 0.25) is 0 Å². The molecule has 7 heteroatoms. The predicted molar refractivity (Wildman–Crippen MR) is 96.5 cm³/mol. The number of hydrogen-bond acceptors (Lipinski definition) is 6. The number of rotatable bonds is 8. The molecule has 7 nitrogen and oxygen atoms in total. The first kappa shape index (κ1) is 17.0. The lowest BCUT2D eigenvalue weighted by atomic mass is 10.1. The van der Waals surface area contributed by atoms with Crippen LogP contribution in [0, 0.1) is 0 Å². The molecule has 2 aromatic heterocycles. The van der Waals surface area contributed by atoms with Crippen molar-refractivity contribution in [3.63, 3.8) is 0 Å². The first-order chi connectivity index (χ1) is 12.3. The maximum absolute atomic E-state index is 5.40. The molecular formula is C18H22N4O3. The van der Waals surface area contributed by atoms with Gasteiger partial charge in [0.2, 0.25) is 0 Å².